The number of carbonyl (C=O) groups is 1. The molecule has 2 aromatic rings. The lowest BCUT2D eigenvalue weighted by atomic mass is 10.1. The Morgan fingerprint density at radius 1 is 1.17 bits per heavy atom. The standard InChI is InChI=1S/C23H31ClN4O2/c1-23(2,3)28-20(14-19(25-28)16-5-6-16)22(29)27-11-9-26(10-12-27)15-17-13-18(24)7-8-21(17)30-4/h7-8,13-14,16H,5-6,9-12,15H2,1-4H3. The van der Waals surface area contributed by atoms with E-state index in [0.29, 0.717) is 24.0 Å². The Labute approximate surface area is 183 Å². The van der Waals surface area contributed by atoms with E-state index >= 15 is 0 Å². The number of benzene rings is 1. The molecular weight excluding hydrogens is 400 g/mol. The first-order chi connectivity index (χ1) is 14.3. The highest BCUT2D eigenvalue weighted by atomic mass is 35.5. The van der Waals surface area contributed by atoms with Crippen LogP contribution in [0.4, 0.5) is 0 Å². The maximum absolute atomic E-state index is 13.3. The minimum atomic E-state index is -0.219. The summed E-state index contributed by atoms with van der Waals surface area (Å²) in [5.41, 5.74) is 2.64. The molecule has 0 atom stereocenters. The van der Waals surface area contributed by atoms with Crippen molar-refractivity contribution in [3.05, 3.63) is 46.2 Å². The van der Waals surface area contributed by atoms with Gasteiger partial charge in [-0.25, -0.2) is 0 Å². The SMILES string of the molecule is COc1ccc(Cl)cc1CN1CCN(C(=O)c2cc(C3CC3)nn2C(C)(C)C)CC1. The molecule has 0 spiro atoms. The predicted octanol–water partition coefficient (Wildman–Crippen LogP) is 4.14. The molecule has 0 bridgehead atoms. The van der Waals surface area contributed by atoms with E-state index in [4.69, 9.17) is 21.4 Å². The summed E-state index contributed by atoms with van der Waals surface area (Å²) in [7, 11) is 1.68. The number of ether oxygens (including phenoxy) is 1. The van der Waals surface area contributed by atoms with Gasteiger partial charge in [0.2, 0.25) is 0 Å². The summed E-state index contributed by atoms with van der Waals surface area (Å²) in [5, 5.41) is 5.50. The Bertz CT molecular complexity index is 922. The summed E-state index contributed by atoms with van der Waals surface area (Å²) in [4.78, 5) is 17.6. The number of methoxy groups -OCH3 is 1. The minimum absolute atomic E-state index is 0.0873. The van der Waals surface area contributed by atoms with Gasteiger partial charge in [-0.05, 0) is 57.9 Å². The molecule has 6 nitrogen and oxygen atoms in total. The Morgan fingerprint density at radius 2 is 1.87 bits per heavy atom. The fraction of sp³-hybridized carbons (Fsp3) is 0.565. The van der Waals surface area contributed by atoms with E-state index in [0.717, 1.165) is 42.3 Å². The summed E-state index contributed by atoms with van der Waals surface area (Å²) in [6.07, 6.45) is 2.36. The third kappa shape index (κ3) is 4.49. The van der Waals surface area contributed by atoms with Crippen molar-refractivity contribution in [2.24, 2.45) is 0 Å². The smallest absolute Gasteiger partial charge is 0.272 e. The molecule has 1 aliphatic carbocycles. The van der Waals surface area contributed by atoms with Gasteiger partial charge in [0.15, 0.2) is 0 Å². The van der Waals surface area contributed by atoms with Crippen molar-refractivity contribution >= 4 is 17.5 Å². The zero-order chi connectivity index (χ0) is 21.5. The van der Waals surface area contributed by atoms with Crippen LogP contribution in [0.5, 0.6) is 5.75 Å². The molecule has 2 fully saturated rings. The Kier molecular flexibility index (Phi) is 5.82. The first-order valence-corrected chi connectivity index (χ1v) is 11.1. The number of nitrogens with zero attached hydrogens (tertiary/aromatic N) is 4. The van der Waals surface area contributed by atoms with Gasteiger partial charge in [0, 0.05) is 49.2 Å². The third-order valence-corrected chi connectivity index (χ3v) is 6.11. The zero-order valence-corrected chi connectivity index (χ0v) is 19.1. The van der Waals surface area contributed by atoms with Crippen LogP contribution >= 0.6 is 11.6 Å². The average molecular weight is 431 g/mol. The van der Waals surface area contributed by atoms with Gasteiger partial charge in [-0.15, -0.1) is 0 Å². The van der Waals surface area contributed by atoms with Crippen LogP contribution in [0.15, 0.2) is 24.3 Å². The second-order valence-corrected chi connectivity index (χ2v) is 9.77. The van der Waals surface area contributed by atoms with Crippen LogP contribution in [0.1, 0.15) is 61.3 Å². The lowest BCUT2D eigenvalue weighted by molar-refractivity contribution is 0.0608. The maximum Gasteiger partial charge on any atom is 0.272 e. The summed E-state index contributed by atoms with van der Waals surface area (Å²) >= 11 is 6.17. The quantitative estimate of drug-likeness (QED) is 0.715. The monoisotopic (exact) mass is 430 g/mol. The van der Waals surface area contributed by atoms with E-state index in [1.807, 2.05) is 33.8 Å². The molecule has 0 unspecified atom stereocenters. The molecule has 1 aliphatic heterocycles. The third-order valence-electron chi connectivity index (χ3n) is 5.87. The first kappa shape index (κ1) is 21.2. The van der Waals surface area contributed by atoms with Gasteiger partial charge in [-0.2, -0.15) is 5.10 Å². The summed E-state index contributed by atoms with van der Waals surface area (Å²) in [6, 6.07) is 7.73. The minimum Gasteiger partial charge on any atom is -0.496 e. The number of carbonyl (C=O) groups excluding carboxylic acids is 1. The van der Waals surface area contributed by atoms with Crippen molar-refractivity contribution < 1.29 is 9.53 Å². The van der Waals surface area contributed by atoms with Crippen molar-refractivity contribution in [3.8, 4) is 5.75 Å². The van der Waals surface area contributed by atoms with Crippen molar-refractivity contribution in [3.63, 3.8) is 0 Å². The molecule has 30 heavy (non-hydrogen) atoms. The summed E-state index contributed by atoms with van der Waals surface area (Å²) in [5.74, 6) is 1.47. The normalized spacial score (nSPS) is 18.0. The molecule has 4 rings (SSSR count). The van der Waals surface area contributed by atoms with E-state index in [1.165, 1.54) is 12.8 Å². The van der Waals surface area contributed by atoms with Gasteiger partial charge in [0.1, 0.15) is 11.4 Å². The van der Waals surface area contributed by atoms with Crippen LogP contribution < -0.4 is 4.74 Å². The Hall–Kier alpha value is -2.05. The van der Waals surface area contributed by atoms with Crippen molar-refractivity contribution in [2.45, 2.75) is 51.6 Å². The Balaban J connectivity index is 1.43. The molecule has 0 N–H and O–H groups in total. The van der Waals surface area contributed by atoms with Gasteiger partial charge in [0.05, 0.1) is 18.3 Å². The number of hydrogen-bond donors (Lipinski definition) is 0. The molecule has 0 radical (unpaired) electrons. The molecule has 1 aromatic carbocycles. The van der Waals surface area contributed by atoms with Gasteiger partial charge >= 0.3 is 0 Å². The van der Waals surface area contributed by atoms with E-state index in [-0.39, 0.29) is 11.4 Å². The van der Waals surface area contributed by atoms with Crippen LogP contribution in [-0.2, 0) is 12.1 Å². The van der Waals surface area contributed by atoms with Crippen molar-refractivity contribution in [2.75, 3.05) is 33.3 Å². The molecular formula is C23H31ClN4O2. The van der Waals surface area contributed by atoms with E-state index < -0.39 is 0 Å². The van der Waals surface area contributed by atoms with E-state index in [9.17, 15) is 4.79 Å². The molecule has 2 aliphatic rings. The topological polar surface area (TPSA) is 50.6 Å². The molecule has 1 aromatic heterocycles. The predicted molar refractivity (Wildman–Crippen MR) is 118 cm³/mol. The number of rotatable bonds is 5. The van der Waals surface area contributed by atoms with Crippen LogP contribution in [-0.4, -0.2) is 58.8 Å². The number of hydrogen-bond acceptors (Lipinski definition) is 4. The highest BCUT2D eigenvalue weighted by Gasteiger charge is 2.33. The Morgan fingerprint density at radius 3 is 2.47 bits per heavy atom. The highest BCUT2D eigenvalue weighted by molar-refractivity contribution is 6.30. The van der Waals surface area contributed by atoms with E-state index in [2.05, 4.69) is 25.7 Å². The number of halogens is 1. The van der Waals surface area contributed by atoms with Crippen LogP contribution in [0, 0.1) is 0 Å². The van der Waals surface area contributed by atoms with Crippen LogP contribution in [0.2, 0.25) is 5.02 Å². The highest BCUT2D eigenvalue weighted by Crippen LogP contribution is 2.40. The molecule has 1 amide bonds. The van der Waals surface area contributed by atoms with Crippen LogP contribution in [0.25, 0.3) is 0 Å². The second kappa shape index (κ2) is 8.23. The van der Waals surface area contributed by atoms with Gasteiger partial charge in [-0.3, -0.25) is 14.4 Å². The van der Waals surface area contributed by atoms with Crippen LogP contribution in [0.3, 0.4) is 0 Å². The first-order valence-electron chi connectivity index (χ1n) is 10.7. The van der Waals surface area contributed by atoms with E-state index in [1.54, 1.807) is 7.11 Å². The number of amides is 1. The molecule has 1 saturated heterocycles. The fourth-order valence-electron chi connectivity index (χ4n) is 4.02. The molecule has 2 heterocycles. The average Bonchev–Trinajstić information content (AvgIpc) is 3.45. The second-order valence-electron chi connectivity index (χ2n) is 9.34. The number of piperazine rings is 1. The number of aromatic nitrogens is 2. The fourth-order valence-corrected chi connectivity index (χ4v) is 4.22. The lowest BCUT2D eigenvalue weighted by Gasteiger charge is -2.35. The summed E-state index contributed by atoms with van der Waals surface area (Å²) in [6.45, 7) is 10.1. The van der Waals surface area contributed by atoms with Crippen molar-refractivity contribution in [1.82, 2.24) is 19.6 Å². The van der Waals surface area contributed by atoms with Crippen molar-refractivity contribution in [1.29, 1.82) is 0 Å². The molecule has 7 heteroatoms. The molecule has 162 valence electrons. The zero-order valence-electron chi connectivity index (χ0n) is 18.3. The molecule has 1 saturated carbocycles. The lowest BCUT2D eigenvalue weighted by Crippen LogP contribution is -2.49. The van der Waals surface area contributed by atoms with Gasteiger partial charge < -0.3 is 9.64 Å². The maximum atomic E-state index is 13.3. The summed E-state index contributed by atoms with van der Waals surface area (Å²) < 4.78 is 7.39. The van der Waals surface area contributed by atoms with Gasteiger partial charge in [0.25, 0.3) is 5.91 Å². The van der Waals surface area contributed by atoms with Gasteiger partial charge in [-0.1, -0.05) is 11.6 Å². The largest absolute Gasteiger partial charge is 0.496 e.